The Morgan fingerprint density at radius 1 is 0.676 bits per heavy atom. The van der Waals surface area contributed by atoms with Gasteiger partial charge < -0.3 is 5.32 Å². The van der Waals surface area contributed by atoms with Gasteiger partial charge in [-0.1, -0.05) is 73.9 Å². The molecule has 0 aromatic heterocycles. The molecule has 1 fully saturated rings. The highest BCUT2D eigenvalue weighted by Crippen LogP contribution is 2.40. The molecule has 196 valence electrons. The van der Waals surface area contributed by atoms with Gasteiger partial charge in [0.05, 0.1) is 16.7 Å². The Morgan fingerprint density at radius 3 is 1.65 bits per heavy atom. The van der Waals surface area contributed by atoms with Crippen LogP contribution in [0.25, 0.3) is 0 Å². The number of nitrogens with one attached hydrogen (secondary N) is 1. The van der Waals surface area contributed by atoms with Gasteiger partial charge in [0.2, 0.25) is 5.91 Å². The van der Waals surface area contributed by atoms with Gasteiger partial charge in [0.1, 0.15) is 0 Å². The van der Waals surface area contributed by atoms with Gasteiger partial charge in [0.15, 0.2) is 0 Å². The van der Waals surface area contributed by atoms with Gasteiger partial charge >= 0.3 is 12.4 Å². The summed E-state index contributed by atoms with van der Waals surface area (Å²) in [6.45, 7) is 0. The lowest BCUT2D eigenvalue weighted by Gasteiger charge is -2.38. The second-order valence-electron chi connectivity index (χ2n) is 9.55. The Hall–Kier alpha value is -3.29. The summed E-state index contributed by atoms with van der Waals surface area (Å²) in [4.78, 5) is 13.6. The highest BCUT2D eigenvalue weighted by Gasteiger charge is 2.41. The zero-order valence-electron chi connectivity index (χ0n) is 20.0. The van der Waals surface area contributed by atoms with E-state index in [0.29, 0.717) is 18.4 Å². The lowest BCUT2D eigenvalue weighted by atomic mass is 9.76. The fraction of sp³-hybridized carbons (Fsp3) is 0.345. The average molecular weight is 520 g/mol. The van der Waals surface area contributed by atoms with Crippen LogP contribution in [0.4, 0.5) is 26.3 Å². The molecule has 1 aliphatic rings. The first-order valence-electron chi connectivity index (χ1n) is 12.2. The summed E-state index contributed by atoms with van der Waals surface area (Å²) in [5.41, 5.74) is -2.77. The second-order valence-corrected chi connectivity index (χ2v) is 9.55. The van der Waals surface area contributed by atoms with Gasteiger partial charge in [-0.05, 0) is 53.8 Å². The summed E-state index contributed by atoms with van der Waals surface area (Å²) < 4.78 is 82.3. The van der Waals surface area contributed by atoms with Crippen molar-refractivity contribution in [3.63, 3.8) is 0 Å². The summed E-state index contributed by atoms with van der Waals surface area (Å²) in [7, 11) is 0. The molecule has 0 unspecified atom stereocenters. The van der Waals surface area contributed by atoms with E-state index in [2.05, 4.69) is 5.32 Å². The van der Waals surface area contributed by atoms with Crippen LogP contribution >= 0.6 is 0 Å². The third-order valence-corrected chi connectivity index (χ3v) is 6.99. The topological polar surface area (TPSA) is 29.1 Å². The van der Waals surface area contributed by atoms with Gasteiger partial charge in [-0.3, -0.25) is 4.79 Å². The third kappa shape index (κ3) is 6.17. The quantitative estimate of drug-likeness (QED) is 0.330. The van der Waals surface area contributed by atoms with Crippen molar-refractivity contribution < 1.29 is 31.1 Å². The van der Waals surface area contributed by atoms with Crippen molar-refractivity contribution >= 4 is 5.91 Å². The van der Waals surface area contributed by atoms with Crippen LogP contribution in [0.1, 0.15) is 59.9 Å². The molecule has 0 spiro atoms. The zero-order chi connectivity index (χ0) is 26.7. The smallest absolute Gasteiger partial charge is 0.342 e. The minimum absolute atomic E-state index is 0.0328. The van der Waals surface area contributed by atoms with Crippen molar-refractivity contribution in [1.29, 1.82) is 0 Å². The van der Waals surface area contributed by atoms with Gasteiger partial charge in [0, 0.05) is 12.3 Å². The van der Waals surface area contributed by atoms with Crippen LogP contribution in [0.5, 0.6) is 0 Å². The fourth-order valence-electron chi connectivity index (χ4n) is 5.06. The van der Waals surface area contributed by atoms with Crippen LogP contribution < -0.4 is 5.32 Å². The average Bonchev–Trinajstić information content (AvgIpc) is 2.88. The van der Waals surface area contributed by atoms with E-state index >= 15 is 0 Å². The number of hydrogen-bond acceptors (Lipinski definition) is 1. The first kappa shape index (κ1) is 26.8. The molecule has 4 rings (SSSR count). The van der Waals surface area contributed by atoms with Crippen molar-refractivity contribution in [1.82, 2.24) is 5.32 Å². The Kier molecular flexibility index (Phi) is 7.67. The number of carbonyl (C=O) groups is 1. The minimum atomic E-state index is -4.67. The molecule has 0 radical (unpaired) electrons. The van der Waals surface area contributed by atoms with Crippen LogP contribution in [-0.2, 0) is 29.1 Å². The lowest BCUT2D eigenvalue weighted by molar-refractivity contribution is -0.138. The van der Waals surface area contributed by atoms with Gasteiger partial charge in [0.25, 0.3) is 0 Å². The highest BCUT2D eigenvalue weighted by molar-refractivity contribution is 5.80. The molecule has 0 heterocycles. The van der Waals surface area contributed by atoms with Crippen molar-refractivity contribution in [3.8, 4) is 0 Å². The molecule has 1 amide bonds. The number of carbonyl (C=O) groups excluding carboxylic acids is 1. The highest BCUT2D eigenvalue weighted by atomic mass is 19.4. The molecule has 1 aliphatic carbocycles. The number of halogens is 6. The molecule has 0 aliphatic heterocycles. The number of rotatable bonds is 6. The Balaban J connectivity index is 1.94. The maximum Gasteiger partial charge on any atom is 0.416 e. The van der Waals surface area contributed by atoms with E-state index < -0.39 is 29.0 Å². The molecule has 0 saturated heterocycles. The number of benzene rings is 3. The first-order valence-corrected chi connectivity index (χ1v) is 12.2. The van der Waals surface area contributed by atoms with E-state index in [9.17, 15) is 31.1 Å². The van der Waals surface area contributed by atoms with Crippen molar-refractivity contribution in [2.75, 3.05) is 0 Å². The molecular formula is C29H27F6NO. The fourth-order valence-corrected chi connectivity index (χ4v) is 5.06. The van der Waals surface area contributed by atoms with E-state index in [1.165, 1.54) is 24.3 Å². The molecule has 1 saturated carbocycles. The molecule has 8 heteroatoms. The normalized spacial score (nSPS) is 15.4. The third-order valence-electron chi connectivity index (χ3n) is 6.99. The van der Waals surface area contributed by atoms with Crippen molar-refractivity contribution in [3.05, 3.63) is 107 Å². The Labute approximate surface area is 211 Å². The maximum absolute atomic E-state index is 13.7. The van der Waals surface area contributed by atoms with E-state index in [0.717, 1.165) is 43.5 Å². The molecule has 1 N–H and O–H groups in total. The molecular weight excluding hydrogens is 492 g/mol. The number of amides is 1. The van der Waals surface area contributed by atoms with E-state index in [4.69, 9.17) is 0 Å². The van der Waals surface area contributed by atoms with Crippen LogP contribution in [0.2, 0.25) is 0 Å². The van der Waals surface area contributed by atoms with E-state index in [-0.39, 0.29) is 29.4 Å². The largest absolute Gasteiger partial charge is 0.416 e. The second kappa shape index (κ2) is 10.6. The van der Waals surface area contributed by atoms with Crippen LogP contribution in [-0.4, -0.2) is 5.91 Å². The van der Waals surface area contributed by atoms with E-state index in [1.54, 1.807) is 30.3 Å². The first-order chi connectivity index (χ1) is 17.5. The summed E-state index contributed by atoms with van der Waals surface area (Å²) in [5.74, 6) is -0.731. The van der Waals surface area contributed by atoms with Crippen LogP contribution in [0, 0.1) is 5.92 Å². The molecule has 3 aromatic rings. The lowest BCUT2D eigenvalue weighted by Crippen LogP contribution is -2.51. The van der Waals surface area contributed by atoms with E-state index in [1.807, 2.05) is 0 Å². The number of alkyl halides is 6. The molecule has 37 heavy (non-hydrogen) atoms. The summed E-state index contributed by atoms with van der Waals surface area (Å²) in [6, 6.07) is 17.7. The zero-order valence-corrected chi connectivity index (χ0v) is 20.0. The molecule has 0 bridgehead atoms. The van der Waals surface area contributed by atoms with Gasteiger partial charge in [-0.15, -0.1) is 0 Å². The Bertz CT molecular complexity index is 1160. The maximum atomic E-state index is 13.7. The van der Waals surface area contributed by atoms with Crippen molar-refractivity contribution in [2.24, 2.45) is 5.92 Å². The molecule has 2 nitrogen and oxygen atoms in total. The van der Waals surface area contributed by atoms with Crippen LogP contribution in [0.3, 0.4) is 0 Å². The Morgan fingerprint density at radius 2 is 1.16 bits per heavy atom. The van der Waals surface area contributed by atoms with Crippen LogP contribution in [0.15, 0.2) is 78.9 Å². The summed E-state index contributed by atoms with van der Waals surface area (Å²) in [5, 5.41) is 2.97. The van der Waals surface area contributed by atoms with Crippen molar-refractivity contribution in [2.45, 2.75) is 56.4 Å². The summed E-state index contributed by atoms with van der Waals surface area (Å²) in [6.07, 6.45) is -5.45. The predicted octanol–water partition coefficient (Wildman–Crippen LogP) is 7.91. The summed E-state index contributed by atoms with van der Waals surface area (Å²) >= 11 is 0. The molecule has 0 atom stereocenters. The molecule has 3 aromatic carbocycles. The van der Waals surface area contributed by atoms with Gasteiger partial charge in [-0.25, -0.2) is 0 Å². The predicted molar refractivity (Wildman–Crippen MR) is 129 cm³/mol. The number of hydrogen-bond donors (Lipinski definition) is 1. The SMILES string of the molecule is O=C(NC(Cc1ccccc1)(c1cccc(C(F)(F)F)c1)c1cccc(C(F)(F)F)c1)C1CCCCC1. The monoisotopic (exact) mass is 519 g/mol. The standard InChI is InChI=1S/C29H27F6NO/c30-28(31,32)24-15-7-13-22(17-24)27(19-20-9-3-1-4-10-20,36-26(37)21-11-5-2-6-12-21)23-14-8-16-25(18-23)29(33,34)35/h1,3-4,7-10,13-18,21H,2,5-6,11-12,19H2,(H,36,37). The van der Waals surface area contributed by atoms with Gasteiger partial charge in [-0.2, -0.15) is 26.3 Å². The minimum Gasteiger partial charge on any atom is -0.342 e.